The number of thioether (sulfide) groups is 1. The summed E-state index contributed by atoms with van der Waals surface area (Å²) in [6.45, 7) is 6.03. The Hall–Kier alpha value is -2.21. The molecule has 0 bridgehead atoms. The fraction of sp³-hybridized carbons (Fsp3) is 0.368. The average molecular weight is 361 g/mol. The predicted octanol–water partition coefficient (Wildman–Crippen LogP) is 4.04. The standard InChI is InChI=1S/C19H23NO4S/c1-12-5-6-16(9-13(12)2)25-8-7-18(21)20(4)11-15-10-17(19(22)23)14(3)24-15/h5-6,9-10H,7-8,11H2,1-4H3,(H,22,23). The molecule has 0 radical (unpaired) electrons. The monoisotopic (exact) mass is 361 g/mol. The molecule has 6 heteroatoms. The number of aromatic carboxylic acids is 1. The maximum Gasteiger partial charge on any atom is 0.339 e. The second-order valence-corrected chi connectivity index (χ2v) is 7.25. The van der Waals surface area contributed by atoms with Crippen LogP contribution < -0.4 is 0 Å². The number of benzene rings is 1. The van der Waals surface area contributed by atoms with E-state index in [0.717, 1.165) is 4.90 Å². The molecule has 0 aliphatic heterocycles. The van der Waals surface area contributed by atoms with Gasteiger partial charge in [-0.15, -0.1) is 11.8 Å². The molecule has 5 nitrogen and oxygen atoms in total. The van der Waals surface area contributed by atoms with E-state index in [1.807, 2.05) is 0 Å². The summed E-state index contributed by atoms with van der Waals surface area (Å²) in [7, 11) is 1.70. The van der Waals surface area contributed by atoms with Crippen LogP contribution in [0.2, 0.25) is 0 Å². The zero-order valence-corrected chi connectivity index (χ0v) is 15.8. The summed E-state index contributed by atoms with van der Waals surface area (Å²) in [6, 6.07) is 7.77. The summed E-state index contributed by atoms with van der Waals surface area (Å²) < 4.78 is 5.41. The van der Waals surface area contributed by atoms with Gasteiger partial charge >= 0.3 is 5.97 Å². The second kappa shape index (κ2) is 8.25. The van der Waals surface area contributed by atoms with Crippen molar-refractivity contribution >= 4 is 23.6 Å². The predicted molar refractivity (Wildman–Crippen MR) is 98.1 cm³/mol. The van der Waals surface area contributed by atoms with Crippen molar-refractivity contribution in [1.29, 1.82) is 0 Å². The van der Waals surface area contributed by atoms with Crippen molar-refractivity contribution in [2.45, 2.75) is 38.6 Å². The van der Waals surface area contributed by atoms with Crippen molar-refractivity contribution in [3.05, 3.63) is 52.5 Å². The summed E-state index contributed by atoms with van der Waals surface area (Å²) in [5.41, 5.74) is 2.65. The van der Waals surface area contributed by atoms with E-state index in [2.05, 4.69) is 32.0 Å². The molecule has 0 unspecified atom stereocenters. The van der Waals surface area contributed by atoms with Crippen LogP contribution in [0.5, 0.6) is 0 Å². The molecule has 1 amide bonds. The van der Waals surface area contributed by atoms with E-state index in [1.165, 1.54) is 17.2 Å². The molecule has 0 atom stereocenters. The Balaban J connectivity index is 1.84. The maximum absolute atomic E-state index is 12.2. The first-order valence-corrected chi connectivity index (χ1v) is 9.03. The molecule has 0 aliphatic carbocycles. The Morgan fingerprint density at radius 2 is 1.88 bits per heavy atom. The lowest BCUT2D eigenvalue weighted by Crippen LogP contribution is -2.26. The molecule has 134 valence electrons. The first-order chi connectivity index (χ1) is 11.8. The minimum absolute atomic E-state index is 0.00209. The zero-order chi connectivity index (χ0) is 18.6. The van der Waals surface area contributed by atoms with Gasteiger partial charge < -0.3 is 14.4 Å². The molecule has 0 saturated carbocycles. The van der Waals surface area contributed by atoms with Crippen molar-refractivity contribution in [3.8, 4) is 0 Å². The summed E-state index contributed by atoms with van der Waals surface area (Å²) in [5.74, 6) is 0.512. The molecule has 0 aliphatic rings. The average Bonchev–Trinajstić information content (AvgIpc) is 2.91. The van der Waals surface area contributed by atoms with E-state index in [1.54, 1.807) is 30.6 Å². The number of hydrogen-bond donors (Lipinski definition) is 1. The van der Waals surface area contributed by atoms with Crippen LogP contribution in [0.25, 0.3) is 0 Å². The highest BCUT2D eigenvalue weighted by Crippen LogP contribution is 2.22. The summed E-state index contributed by atoms with van der Waals surface area (Å²) >= 11 is 1.66. The quantitative estimate of drug-likeness (QED) is 0.754. The lowest BCUT2D eigenvalue weighted by molar-refractivity contribution is -0.130. The van der Waals surface area contributed by atoms with E-state index in [4.69, 9.17) is 9.52 Å². The van der Waals surface area contributed by atoms with Crippen LogP contribution in [-0.4, -0.2) is 34.7 Å². The van der Waals surface area contributed by atoms with Crippen molar-refractivity contribution in [2.24, 2.45) is 0 Å². The number of nitrogens with zero attached hydrogens (tertiary/aromatic N) is 1. The minimum atomic E-state index is -1.02. The molecule has 1 heterocycles. The highest BCUT2D eigenvalue weighted by molar-refractivity contribution is 7.99. The highest BCUT2D eigenvalue weighted by Gasteiger charge is 2.16. The molecule has 0 fully saturated rings. The van der Waals surface area contributed by atoms with Gasteiger partial charge in [0.25, 0.3) is 0 Å². The van der Waals surface area contributed by atoms with Gasteiger partial charge in [0.1, 0.15) is 17.1 Å². The van der Waals surface area contributed by atoms with E-state index in [0.29, 0.717) is 23.7 Å². The van der Waals surface area contributed by atoms with Gasteiger partial charge in [0, 0.05) is 24.1 Å². The summed E-state index contributed by atoms with van der Waals surface area (Å²) in [4.78, 5) is 26.0. The Morgan fingerprint density at radius 3 is 2.48 bits per heavy atom. The summed E-state index contributed by atoms with van der Waals surface area (Å²) in [5, 5.41) is 9.04. The number of hydrogen-bond acceptors (Lipinski definition) is 4. The number of carbonyl (C=O) groups excluding carboxylic acids is 1. The smallest absolute Gasteiger partial charge is 0.339 e. The fourth-order valence-corrected chi connectivity index (χ4v) is 3.34. The van der Waals surface area contributed by atoms with Crippen LogP contribution in [0.3, 0.4) is 0 Å². The van der Waals surface area contributed by atoms with Gasteiger partial charge in [0.15, 0.2) is 0 Å². The lowest BCUT2D eigenvalue weighted by atomic mass is 10.1. The van der Waals surface area contributed by atoms with Gasteiger partial charge in [0.05, 0.1) is 6.54 Å². The van der Waals surface area contributed by atoms with Gasteiger partial charge in [-0.3, -0.25) is 4.79 Å². The molecular formula is C19H23NO4S. The molecule has 2 rings (SSSR count). The fourth-order valence-electron chi connectivity index (χ4n) is 2.41. The second-order valence-electron chi connectivity index (χ2n) is 6.08. The van der Waals surface area contributed by atoms with E-state index in [9.17, 15) is 9.59 Å². The third-order valence-corrected chi connectivity index (χ3v) is 5.08. The topological polar surface area (TPSA) is 70.8 Å². The number of carbonyl (C=O) groups is 2. The first-order valence-electron chi connectivity index (χ1n) is 8.04. The van der Waals surface area contributed by atoms with Gasteiger partial charge in [-0.05, 0) is 50.1 Å². The molecular weight excluding hydrogens is 338 g/mol. The van der Waals surface area contributed by atoms with Crippen molar-refractivity contribution < 1.29 is 19.1 Å². The summed E-state index contributed by atoms with van der Waals surface area (Å²) in [6.07, 6.45) is 0.416. The molecule has 0 saturated heterocycles. The molecule has 1 aromatic heterocycles. The number of carboxylic acid groups (broad SMARTS) is 1. The molecule has 0 spiro atoms. The first kappa shape index (κ1) is 19.1. The van der Waals surface area contributed by atoms with Crippen molar-refractivity contribution in [1.82, 2.24) is 4.90 Å². The normalized spacial score (nSPS) is 10.7. The Bertz CT molecular complexity index is 782. The number of aryl methyl sites for hydroxylation is 3. The lowest BCUT2D eigenvalue weighted by Gasteiger charge is -2.15. The van der Waals surface area contributed by atoms with Crippen LogP contribution in [0, 0.1) is 20.8 Å². The SMILES string of the molecule is Cc1ccc(SCCC(=O)N(C)Cc2cc(C(=O)O)c(C)o2)cc1C. The van der Waals surface area contributed by atoms with E-state index >= 15 is 0 Å². The molecule has 25 heavy (non-hydrogen) atoms. The number of carboxylic acids is 1. The Morgan fingerprint density at radius 1 is 1.16 bits per heavy atom. The van der Waals surface area contributed by atoms with E-state index in [-0.39, 0.29) is 18.0 Å². The molecule has 1 N–H and O–H groups in total. The van der Waals surface area contributed by atoms with Crippen LogP contribution in [0.15, 0.2) is 33.6 Å². The molecule has 2 aromatic rings. The largest absolute Gasteiger partial charge is 0.478 e. The molecule has 1 aromatic carbocycles. The van der Waals surface area contributed by atoms with Crippen LogP contribution in [0.1, 0.15) is 39.4 Å². The minimum Gasteiger partial charge on any atom is -0.478 e. The van der Waals surface area contributed by atoms with E-state index < -0.39 is 5.97 Å². The van der Waals surface area contributed by atoms with Crippen LogP contribution in [0.4, 0.5) is 0 Å². The Labute approximate surface area is 152 Å². The number of amides is 1. The highest BCUT2D eigenvalue weighted by atomic mass is 32.2. The van der Waals surface area contributed by atoms with Crippen LogP contribution >= 0.6 is 11.8 Å². The van der Waals surface area contributed by atoms with Gasteiger partial charge in [-0.1, -0.05) is 6.07 Å². The van der Waals surface area contributed by atoms with Gasteiger partial charge in [0.2, 0.25) is 5.91 Å². The van der Waals surface area contributed by atoms with Crippen LogP contribution in [-0.2, 0) is 11.3 Å². The van der Waals surface area contributed by atoms with Crippen molar-refractivity contribution in [3.63, 3.8) is 0 Å². The van der Waals surface area contributed by atoms with Crippen molar-refractivity contribution in [2.75, 3.05) is 12.8 Å². The van der Waals surface area contributed by atoms with Gasteiger partial charge in [-0.25, -0.2) is 4.79 Å². The maximum atomic E-state index is 12.2. The third-order valence-electron chi connectivity index (χ3n) is 4.08. The number of rotatable bonds is 7. The number of furan rings is 1. The van der Waals surface area contributed by atoms with Gasteiger partial charge in [-0.2, -0.15) is 0 Å². The Kier molecular flexibility index (Phi) is 6.31. The zero-order valence-electron chi connectivity index (χ0n) is 15.0. The third kappa shape index (κ3) is 5.13.